The van der Waals surface area contributed by atoms with E-state index in [0.29, 0.717) is 13.1 Å². The zero-order chi connectivity index (χ0) is 12.4. The molecule has 0 aliphatic heterocycles. The molecule has 0 aliphatic carbocycles. The van der Waals surface area contributed by atoms with Gasteiger partial charge in [0.2, 0.25) is 0 Å². The fourth-order valence-corrected chi connectivity index (χ4v) is 1.42. The first-order valence-electron chi connectivity index (χ1n) is 5.92. The highest BCUT2D eigenvalue weighted by Gasteiger charge is 2.13. The van der Waals surface area contributed by atoms with E-state index >= 15 is 0 Å². The molecule has 0 fully saturated rings. The fraction of sp³-hybridized carbons (Fsp3) is 0.909. The first-order valence-corrected chi connectivity index (χ1v) is 5.92. The lowest BCUT2D eigenvalue weighted by Gasteiger charge is -2.23. The molecule has 16 heavy (non-hydrogen) atoms. The van der Waals surface area contributed by atoms with Crippen LogP contribution < -0.4 is 5.32 Å². The van der Waals surface area contributed by atoms with Crippen molar-refractivity contribution in [2.75, 3.05) is 26.2 Å². The summed E-state index contributed by atoms with van der Waals surface area (Å²) in [6.07, 6.45) is 2.83. The van der Waals surface area contributed by atoms with E-state index in [1.165, 1.54) is 17.7 Å². The van der Waals surface area contributed by atoms with Gasteiger partial charge < -0.3 is 15.5 Å². The van der Waals surface area contributed by atoms with E-state index in [2.05, 4.69) is 12.2 Å². The third kappa shape index (κ3) is 8.64. The second kappa shape index (κ2) is 9.57. The Morgan fingerprint density at radius 1 is 1.38 bits per heavy atom. The summed E-state index contributed by atoms with van der Waals surface area (Å²) in [6.45, 7) is 5.84. The van der Waals surface area contributed by atoms with Crippen LogP contribution in [0.3, 0.4) is 0 Å². The van der Waals surface area contributed by atoms with Crippen LogP contribution in [0.15, 0.2) is 0 Å². The molecule has 0 aromatic heterocycles. The number of carboxylic acids is 1. The topological polar surface area (TPSA) is 72.8 Å². The van der Waals surface area contributed by atoms with Crippen LogP contribution in [0.4, 0.5) is 0 Å². The number of nitrogens with one attached hydrogen (secondary N) is 1. The average molecular weight is 232 g/mol. The van der Waals surface area contributed by atoms with Crippen molar-refractivity contribution in [3.8, 4) is 0 Å². The molecule has 96 valence electrons. The lowest BCUT2D eigenvalue weighted by molar-refractivity contribution is -0.141. The Bertz CT molecular complexity index is 186. The number of rotatable bonds is 10. The van der Waals surface area contributed by atoms with Crippen molar-refractivity contribution in [3.63, 3.8) is 0 Å². The number of aliphatic hydroxyl groups is 1. The quantitative estimate of drug-likeness (QED) is 0.378. The molecule has 5 heteroatoms. The summed E-state index contributed by atoms with van der Waals surface area (Å²) in [6, 6.07) is 0. The van der Waals surface area contributed by atoms with Crippen molar-refractivity contribution in [1.82, 2.24) is 10.2 Å². The summed E-state index contributed by atoms with van der Waals surface area (Å²) in [5, 5.41) is 21.2. The zero-order valence-electron chi connectivity index (χ0n) is 10.3. The first-order chi connectivity index (χ1) is 7.57. The first kappa shape index (κ1) is 15.3. The van der Waals surface area contributed by atoms with E-state index in [-0.39, 0.29) is 6.54 Å². The van der Waals surface area contributed by atoms with E-state index in [1.807, 2.05) is 0 Å². The number of nitrogens with zero attached hydrogens (tertiary/aromatic N) is 1. The van der Waals surface area contributed by atoms with E-state index in [9.17, 15) is 9.90 Å². The maximum Gasteiger partial charge on any atom is 0.317 e. The Labute approximate surface area is 97.4 Å². The molecule has 0 aliphatic rings. The van der Waals surface area contributed by atoms with Crippen molar-refractivity contribution in [2.45, 2.75) is 39.3 Å². The molecule has 3 N–H and O–H groups in total. The zero-order valence-corrected chi connectivity index (χ0v) is 10.3. The highest BCUT2D eigenvalue weighted by atomic mass is 16.4. The Morgan fingerprint density at radius 2 is 2.06 bits per heavy atom. The van der Waals surface area contributed by atoms with Crippen LogP contribution in [-0.2, 0) is 4.79 Å². The summed E-state index contributed by atoms with van der Waals surface area (Å²) >= 11 is 0. The molecule has 0 amide bonds. The van der Waals surface area contributed by atoms with Crippen molar-refractivity contribution < 1.29 is 15.0 Å². The van der Waals surface area contributed by atoms with Gasteiger partial charge in [-0.2, -0.15) is 0 Å². The van der Waals surface area contributed by atoms with Crippen LogP contribution in [0.5, 0.6) is 0 Å². The minimum absolute atomic E-state index is 0.117. The molecule has 0 bridgehead atoms. The van der Waals surface area contributed by atoms with E-state index < -0.39 is 12.2 Å². The standard InChI is InChI=1S/C11H24N2O3/c1-3-4-5-6-12-7-8-13(10(2)14)9-11(15)16/h10,12,14H,3-9H2,1-2H3,(H,15,16). The normalized spacial score (nSPS) is 13.0. The average Bonchev–Trinajstić information content (AvgIpc) is 2.20. The van der Waals surface area contributed by atoms with Crippen LogP contribution in [0.2, 0.25) is 0 Å². The largest absolute Gasteiger partial charge is 0.480 e. The number of carboxylic acid groups (broad SMARTS) is 1. The van der Waals surface area contributed by atoms with Gasteiger partial charge in [-0.3, -0.25) is 9.69 Å². The summed E-state index contributed by atoms with van der Waals surface area (Å²) in [7, 11) is 0. The van der Waals surface area contributed by atoms with Crippen LogP contribution in [-0.4, -0.2) is 53.5 Å². The van der Waals surface area contributed by atoms with Gasteiger partial charge in [-0.05, 0) is 19.9 Å². The van der Waals surface area contributed by atoms with Crippen LogP contribution in [0, 0.1) is 0 Å². The number of carbonyl (C=O) groups is 1. The summed E-state index contributed by atoms with van der Waals surface area (Å²) in [5.74, 6) is -0.910. The van der Waals surface area contributed by atoms with Crippen LogP contribution in [0.25, 0.3) is 0 Å². The van der Waals surface area contributed by atoms with Gasteiger partial charge in [0, 0.05) is 13.1 Å². The van der Waals surface area contributed by atoms with Crippen LogP contribution >= 0.6 is 0 Å². The lowest BCUT2D eigenvalue weighted by atomic mass is 10.2. The molecule has 0 aromatic rings. The van der Waals surface area contributed by atoms with Gasteiger partial charge in [0.25, 0.3) is 0 Å². The molecule has 1 atom stereocenters. The van der Waals surface area contributed by atoms with Crippen molar-refractivity contribution in [3.05, 3.63) is 0 Å². The smallest absolute Gasteiger partial charge is 0.317 e. The van der Waals surface area contributed by atoms with E-state index in [4.69, 9.17) is 5.11 Å². The van der Waals surface area contributed by atoms with Crippen molar-refractivity contribution in [2.24, 2.45) is 0 Å². The summed E-state index contributed by atoms with van der Waals surface area (Å²) in [4.78, 5) is 12.0. The fourth-order valence-electron chi connectivity index (χ4n) is 1.42. The minimum atomic E-state index is -0.910. The van der Waals surface area contributed by atoms with Crippen molar-refractivity contribution in [1.29, 1.82) is 0 Å². The third-order valence-corrected chi connectivity index (χ3v) is 2.40. The minimum Gasteiger partial charge on any atom is -0.480 e. The van der Waals surface area contributed by atoms with Gasteiger partial charge in [0.05, 0.1) is 6.54 Å². The SMILES string of the molecule is CCCCCNCCN(CC(=O)O)C(C)O. The molecule has 5 nitrogen and oxygen atoms in total. The summed E-state index contributed by atoms with van der Waals surface area (Å²) < 4.78 is 0. The lowest BCUT2D eigenvalue weighted by Crippen LogP contribution is -2.41. The number of hydrogen-bond donors (Lipinski definition) is 3. The number of hydrogen-bond acceptors (Lipinski definition) is 4. The highest BCUT2D eigenvalue weighted by Crippen LogP contribution is 1.94. The second-order valence-corrected chi connectivity index (χ2v) is 3.95. The van der Waals surface area contributed by atoms with E-state index in [0.717, 1.165) is 13.0 Å². The van der Waals surface area contributed by atoms with Gasteiger partial charge in [0.15, 0.2) is 0 Å². The Balaban J connectivity index is 3.56. The maximum absolute atomic E-state index is 10.5. The number of aliphatic hydroxyl groups excluding tert-OH is 1. The van der Waals surface area contributed by atoms with Gasteiger partial charge in [0.1, 0.15) is 6.23 Å². The molecule has 0 heterocycles. The molecule has 0 aromatic carbocycles. The molecule has 0 rings (SSSR count). The molecule has 0 spiro atoms. The Morgan fingerprint density at radius 3 is 2.56 bits per heavy atom. The van der Waals surface area contributed by atoms with Gasteiger partial charge in [-0.1, -0.05) is 19.8 Å². The van der Waals surface area contributed by atoms with Crippen LogP contribution in [0.1, 0.15) is 33.1 Å². The Hall–Kier alpha value is -0.650. The molecule has 0 radical (unpaired) electrons. The molecular weight excluding hydrogens is 208 g/mol. The second-order valence-electron chi connectivity index (χ2n) is 3.95. The molecule has 0 saturated heterocycles. The Kier molecular flexibility index (Phi) is 9.18. The van der Waals surface area contributed by atoms with E-state index in [1.54, 1.807) is 6.92 Å². The number of aliphatic carboxylic acids is 1. The predicted molar refractivity (Wildman–Crippen MR) is 63.3 cm³/mol. The molecule has 0 saturated carbocycles. The molecular formula is C11H24N2O3. The monoisotopic (exact) mass is 232 g/mol. The highest BCUT2D eigenvalue weighted by molar-refractivity contribution is 5.69. The number of unbranched alkanes of at least 4 members (excludes halogenated alkanes) is 2. The molecule has 1 unspecified atom stereocenters. The van der Waals surface area contributed by atoms with Crippen molar-refractivity contribution >= 4 is 5.97 Å². The predicted octanol–water partition coefficient (Wildman–Crippen LogP) is 0.491. The van der Waals surface area contributed by atoms with Gasteiger partial charge in [-0.15, -0.1) is 0 Å². The maximum atomic E-state index is 10.5. The van der Waals surface area contributed by atoms with Gasteiger partial charge >= 0.3 is 5.97 Å². The van der Waals surface area contributed by atoms with Gasteiger partial charge in [-0.25, -0.2) is 0 Å². The third-order valence-electron chi connectivity index (χ3n) is 2.40. The summed E-state index contributed by atoms with van der Waals surface area (Å²) in [5.41, 5.74) is 0.